The van der Waals surface area contributed by atoms with Gasteiger partial charge in [-0.3, -0.25) is 0 Å². The number of rotatable bonds is 15. The lowest BCUT2D eigenvalue weighted by molar-refractivity contribution is -0.676. The highest BCUT2D eigenvalue weighted by Crippen LogP contribution is 2.18. The van der Waals surface area contributed by atoms with E-state index in [4.69, 9.17) is 0 Å². The molecule has 0 spiro atoms. The van der Waals surface area contributed by atoms with Gasteiger partial charge in [0.15, 0.2) is 0 Å². The normalized spacial score (nSPS) is 11.1. The summed E-state index contributed by atoms with van der Waals surface area (Å²) in [5, 5.41) is 0. The molecule has 1 heterocycles. The third-order valence-corrected chi connectivity index (χ3v) is 6.20. The summed E-state index contributed by atoms with van der Waals surface area (Å²) in [6, 6.07) is 21.6. The van der Waals surface area contributed by atoms with Gasteiger partial charge in [0.1, 0.15) is 18.9 Å². The van der Waals surface area contributed by atoms with Gasteiger partial charge in [0.05, 0.1) is 12.1 Å². The first-order valence-corrected chi connectivity index (χ1v) is 12.6. The van der Waals surface area contributed by atoms with Crippen LogP contribution in [0.3, 0.4) is 0 Å². The molecule has 2 aromatic carbocycles. The molecule has 0 bridgehead atoms. The van der Waals surface area contributed by atoms with E-state index < -0.39 is 0 Å². The highest BCUT2D eigenvalue weighted by Gasteiger charge is 2.19. The van der Waals surface area contributed by atoms with Crippen molar-refractivity contribution < 1.29 is 4.57 Å². The summed E-state index contributed by atoms with van der Waals surface area (Å²) in [7, 11) is 0. The molecule has 2 nitrogen and oxygen atoms in total. The number of benzene rings is 2. The number of imidazole rings is 1. The van der Waals surface area contributed by atoms with Crippen LogP contribution in [-0.4, -0.2) is 4.57 Å². The second kappa shape index (κ2) is 13.9. The Morgan fingerprint density at radius 2 is 1.19 bits per heavy atom. The molecule has 0 aliphatic carbocycles. The molecule has 31 heavy (non-hydrogen) atoms. The molecule has 0 fully saturated rings. The number of hydrogen-bond acceptors (Lipinski definition) is 0. The Morgan fingerprint density at radius 3 is 1.81 bits per heavy atom. The highest BCUT2D eigenvalue weighted by atomic mass is 15.1. The van der Waals surface area contributed by atoms with Gasteiger partial charge in [0.2, 0.25) is 0 Å². The summed E-state index contributed by atoms with van der Waals surface area (Å²) >= 11 is 0. The summed E-state index contributed by atoms with van der Waals surface area (Å²) in [5.41, 5.74) is 2.64. The van der Waals surface area contributed by atoms with Crippen molar-refractivity contribution in [3.8, 4) is 11.4 Å². The molecule has 2 heteroatoms. The van der Waals surface area contributed by atoms with Crippen LogP contribution >= 0.6 is 0 Å². The first kappa shape index (κ1) is 23.3. The van der Waals surface area contributed by atoms with Gasteiger partial charge in [-0.15, -0.1) is 0 Å². The summed E-state index contributed by atoms with van der Waals surface area (Å²) in [6.45, 7) is 4.30. The number of aromatic nitrogens is 2. The van der Waals surface area contributed by atoms with Crippen LogP contribution in [0.15, 0.2) is 73.1 Å². The molecule has 0 N–H and O–H groups in total. The standard InChI is InChI=1S/C29H41N2/c1-2-3-4-5-6-7-8-9-10-11-18-23-30-24-25-31(26-27-19-14-12-15-20-27)29(30)28-21-16-13-17-22-28/h12-17,19-22,24-25H,2-11,18,23,26H2,1H3/q+1. The lowest BCUT2D eigenvalue weighted by Crippen LogP contribution is -2.35. The molecule has 3 rings (SSSR count). The van der Waals surface area contributed by atoms with Crippen molar-refractivity contribution in [3.63, 3.8) is 0 Å². The SMILES string of the molecule is CCCCCCCCCCCCCn1cc[n+](Cc2ccccc2)c1-c1ccccc1. The Morgan fingerprint density at radius 1 is 0.645 bits per heavy atom. The zero-order chi connectivity index (χ0) is 21.6. The Kier molecular flexibility index (Phi) is 10.4. The summed E-state index contributed by atoms with van der Waals surface area (Å²) < 4.78 is 4.84. The van der Waals surface area contributed by atoms with Gasteiger partial charge < -0.3 is 0 Å². The smallest absolute Gasteiger partial charge is 0.230 e. The van der Waals surface area contributed by atoms with Crippen LogP contribution in [0, 0.1) is 0 Å². The van der Waals surface area contributed by atoms with Crippen molar-refractivity contribution in [3.05, 3.63) is 78.6 Å². The average Bonchev–Trinajstić information content (AvgIpc) is 3.21. The van der Waals surface area contributed by atoms with Gasteiger partial charge in [-0.2, -0.15) is 0 Å². The van der Waals surface area contributed by atoms with Crippen molar-refractivity contribution in [1.82, 2.24) is 4.57 Å². The van der Waals surface area contributed by atoms with Gasteiger partial charge in [-0.1, -0.05) is 113 Å². The summed E-state index contributed by atoms with van der Waals surface area (Å²) in [5.74, 6) is 1.32. The third kappa shape index (κ3) is 8.01. The minimum absolute atomic E-state index is 0.913. The van der Waals surface area contributed by atoms with Gasteiger partial charge in [0.25, 0.3) is 5.82 Å². The highest BCUT2D eigenvalue weighted by molar-refractivity contribution is 5.52. The Balaban J connectivity index is 1.47. The van der Waals surface area contributed by atoms with Crippen molar-refractivity contribution in [2.75, 3.05) is 0 Å². The van der Waals surface area contributed by atoms with Crippen molar-refractivity contribution >= 4 is 0 Å². The molecule has 0 saturated heterocycles. The number of unbranched alkanes of at least 4 members (excludes halogenated alkanes) is 10. The monoisotopic (exact) mass is 417 g/mol. The molecule has 0 unspecified atom stereocenters. The van der Waals surface area contributed by atoms with Crippen LogP contribution in [0.25, 0.3) is 11.4 Å². The van der Waals surface area contributed by atoms with E-state index >= 15 is 0 Å². The van der Waals surface area contributed by atoms with Crippen LogP contribution in [0.1, 0.15) is 83.1 Å². The zero-order valence-corrected chi connectivity index (χ0v) is 19.5. The lowest BCUT2D eigenvalue weighted by atomic mass is 10.1. The minimum Gasteiger partial charge on any atom is -0.230 e. The second-order valence-electron chi connectivity index (χ2n) is 8.83. The van der Waals surface area contributed by atoms with Crippen molar-refractivity contribution in [2.45, 2.75) is 90.6 Å². The third-order valence-electron chi connectivity index (χ3n) is 6.20. The first-order chi connectivity index (χ1) is 15.4. The number of hydrogen-bond donors (Lipinski definition) is 0. The fourth-order valence-electron chi connectivity index (χ4n) is 4.42. The maximum atomic E-state index is 2.45. The molecular weight excluding hydrogens is 376 g/mol. The van der Waals surface area contributed by atoms with Crippen LogP contribution in [0.5, 0.6) is 0 Å². The van der Waals surface area contributed by atoms with Gasteiger partial charge >= 0.3 is 0 Å². The maximum absolute atomic E-state index is 2.45. The van der Waals surface area contributed by atoms with Gasteiger partial charge in [0, 0.05) is 0 Å². The largest absolute Gasteiger partial charge is 0.289 e. The Labute approximate surface area is 190 Å². The fourth-order valence-corrected chi connectivity index (χ4v) is 4.42. The van der Waals surface area contributed by atoms with E-state index in [1.165, 1.54) is 87.6 Å². The topological polar surface area (TPSA) is 8.81 Å². The Hall–Kier alpha value is -2.35. The molecule has 0 aliphatic heterocycles. The molecule has 1 aromatic heterocycles. The Bertz CT molecular complexity index is 836. The molecule has 0 saturated carbocycles. The van der Waals surface area contributed by atoms with Crippen LogP contribution in [-0.2, 0) is 13.1 Å². The van der Waals surface area contributed by atoms with E-state index in [-0.39, 0.29) is 0 Å². The minimum atomic E-state index is 0.913. The molecule has 3 aromatic rings. The predicted octanol–water partition coefficient (Wildman–Crippen LogP) is 7.80. The van der Waals surface area contributed by atoms with Gasteiger partial charge in [-0.25, -0.2) is 9.13 Å². The van der Waals surface area contributed by atoms with E-state index in [0.717, 1.165) is 13.1 Å². The zero-order valence-electron chi connectivity index (χ0n) is 19.5. The summed E-state index contributed by atoms with van der Waals surface area (Å²) in [4.78, 5) is 0. The average molecular weight is 418 g/mol. The first-order valence-electron chi connectivity index (χ1n) is 12.6. The molecule has 0 amide bonds. The van der Waals surface area contributed by atoms with E-state index in [9.17, 15) is 0 Å². The van der Waals surface area contributed by atoms with Crippen LogP contribution < -0.4 is 4.57 Å². The van der Waals surface area contributed by atoms with E-state index in [1.54, 1.807) is 0 Å². The van der Waals surface area contributed by atoms with Gasteiger partial charge in [-0.05, 0) is 30.5 Å². The molecule has 0 radical (unpaired) electrons. The quantitative estimate of drug-likeness (QED) is 0.176. The second-order valence-corrected chi connectivity index (χ2v) is 8.83. The molecule has 0 aliphatic rings. The number of nitrogens with zero attached hydrogens (tertiary/aromatic N) is 2. The predicted molar refractivity (Wildman–Crippen MR) is 132 cm³/mol. The van der Waals surface area contributed by atoms with Crippen LogP contribution in [0.2, 0.25) is 0 Å². The summed E-state index contributed by atoms with van der Waals surface area (Å²) in [6.07, 6.45) is 19.8. The lowest BCUT2D eigenvalue weighted by Gasteiger charge is -2.06. The van der Waals surface area contributed by atoms with Crippen molar-refractivity contribution in [2.24, 2.45) is 0 Å². The fraction of sp³-hybridized carbons (Fsp3) is 0.483. The van der Waals surface area contributed by atoms with E-state index in [2.05, 4.69) is 89.1 Å². The van der Waals surface area contributed by atoms with E-state index in [1.807, 2.05) is 0 Å². The van der Waals surface area contributed by atoms with Crippen LogP contribution in [0.4, 0.5) is 0 Å². The molecule has 0 atom stereocenters. The van der Waals surface area contributed by atoms with Crippen molar-refractivity contribution in [1.29, 1.82) is 0 Å². The number of aryl methyl sites for hydroxylation is 1. The molecular formula is C29H41N2+. The van der Waals surface area contributed by atoms with E-state index in [0.29, 0.717) is 0 Å². The molecule has 166 valence electrons. The maximum Gasteiger partial charge on any atom is 0.289 e.